The van der Waals surface area contributed by atoms with Crippen LogP contribution >= 0.6 is 0 Å². The van der Waals surface area contributed by atoms with Crippen LogP contribution in [-0.2, 0) is 11.0 Å². The molecule has 0 saturated heterocycles. The normalized spacial score (nSPS) is 10.7. The summed E-state index contributed by atoms with van der Waals surface area (Å²) in [7, 11) is 0. The van der Waals surface area contributed by atoms with E-state index in [1.165, 1.54) is 76.4 Å². The van der Waals surface area contributed by atoms with Gasteiger partial charge in [0.05, 0.1) is 0 Å². The molecule has 0 unspecified atom stereocenters. The monoisotopic (exact) mass is 340 g/mol. The van der Waals surface area contributed by atoms with Gasteiger partial charge in [0.2, 0.25) is 0 Å². The highest BCUT2D eigenvalue weighted by atomic mass is 35.5. The van der Waals surface area contributed by atoms with Crippen molar-refractivity contribution in [2.45, 2.75) is 84.7 Å². The van der Waals surface area contributed by atoms with E-state index in [0.717, 1.165) is 13.2 Å². The molecule has 0 bridgehead atoms. The van der Waals surface area contributed by atoms with Gasteiger partial charge >= 0.3 is 0 Å². The van der Waals surface area contributed by atoms with Crippen molar-refractivity contribution in [3.8, 4) is 0 Å². The molecule has 0 aliphatic rings. The average Bonchev–Trinajstić information content (AvgIpc) is 2.56. The predicted molar refractivity (Wildman–Crippen MR) is 98.5 cm³/mol. The molecule has 0 amide bonds. The Morgan fingerprint density at radius 2 is 1.22 bits per heavy atom. The first-order chi connectivity index (χ1) is 10.9. The van der Waals surface area contributed by atoms with Crippen LogP contribution in [0.3, 0.4) is 0 Å². The van der Waals surface area contributed by atoms with E-state index in [1.807, 2.05) is 0 Å². The van der Waals surface area contributed by atoms with Gasteiger partial charge in [-0.25, -0.2) is 0 Å². The van der Waals surface area contributed by atoms with Crippen molar-refractivity contribution in [3.63, 3.8) is 0 Å². The summed E-state index contributed by atoms with van der Waals surface area (Å²) in [5.74, 6) is 0. The Balaban J connectivity index is 0.00000484. The maximum Gasteiger partial charge on any atom is 0.172 e. The van der Waals surface area contributed by atoms with E-state index in [0.29, 0.717) is 0 Å². The van der Waals surface area contributed by atoms with Crippen LogP contribution in [0.5, 0.6) is 0 Å². The second kappa shape index (κ2) is 16.3. The molecule has 1 nitrogen and oxygen atoms in total. The Morgan fingerprint density at radius 3 is 1.74 bits per heavy atom. The van der Waals surface area contributed by atoms with Crippen LogP contribution in [0.25, 0.3) is 0 Å². The molecule has 1 rings (SSSR count). The summed E-state index contributed by atoms with van der Waals surface area (Å²) in [5.41, 5.74) is 1.40. The first kappa shape index (κ1) is 22.5. The first-order valence-electron chi connectivity index (χ1n) is 9.54. The van der Waals surface area contributed by atoms with E-state index in [4.69, 9.17) is 0 Å². The van der Waals surface area contributed by atoms with Gasteiger partial charge in [0.1, 0.15) is 13.2 Å². The van der Waals surface area contributed by atoms with Crippen molar-refractivity contribution in [1.29, 1.82) is 0 Å². The fourth-order valence-corrected chi connectivity index (χ4v) is 2.92. The van der Waals surface area contributed by atoms with E-state index in [2.05, 4.69) is 48.5 Å². The lowest BCUT2D eigenvalue weighted by Gasteiger charge is -2.17. The lowest BCUT2D eigenvalue weighted by Crippen LogP contribution is -3.00. The number of halogens is 1. The quantitative estimate of drug-likeness (QED) is 0.359. The van der Waals surface area contributed by atoms with Gasteiger partial charge in [-0.3, -0.25) is 0 Å². The van der Waals surface area contributed by atoms with Crippen molar-refractivity contribution >= 4 is 0 Å². The molecule has 0 radical (unpaired) electrons. The van der Waals surface area contributed by atoms with Gasteiger partial charge in [-0.1, -0.05) is 88.6 Å². The fraction of sp³-hybridized carbons (Fsp3) is 0.714. The average molecular weight is 341 g/mol. The van der Waals surface area contributed by atoms with Gasteiger partial charge in [-0.05, 0) is 6.42 Å². The van der Waals surface area contributed by atoms with E-state index in [-0.39, 0.29) is 12.4 Å². The van der Waals surface area contributed by atoms with Gasteiger partial charge in [0.15, 0.2) is 6.61 Å². The summed E-state index contributed by atoms with van der Waals surface area (Å²) in [6.07, 6.45) is 14.1. The molecule has 0 saturated carbocycles. The largest absolute Gasteiger partial charge is 1.00 e. The van der Waals surface area contributed by atoms with Crippen LogP contribution in [-0.4, -0.2) is 13.2 Å². The zero-order valence-corrected chi connectivity index (χ0v) is 16.1. The summed E-state index contributed by atoms with van der Waals surface area (Å²) in [6.45, 7) is 7.79. The fourth-order valence-electron chi connectivity index (χ4n) is 2.92. The van der Waals surface area contributed by atoms with Gasteiger partial charge in [-0.15, -0.1) is 0 Å². The highest BCUT2D eigenvalue weighted by Crippen LogP contribution is 2.13. The molecule has 0 heterocycles. The summed E-state index contributed by atoms with van der Waals surface area (Å²) in [6, 6.07) is 10.8. The lowest BCUT2D eigenvalue weighted by atomic mass is 10.1. The molecule has 0 aromatic heterocycles. The van der Waals surface area contributed by atoms with Gasteiger partial charge in [0.25, 0.3) is 0 Å². The van der Waals surface area contributed by atoms with Crippen molar-refractivity contribution in [3.05, 3.63) is 35.9 Å². The van der Waals surface area contributed by atoms with Gasteiger partial charge < -0.3 is 16.8 Å². The second-order valence-electron chi connectivity index (χ2n) is 6.42. The number of rotatable bonds is 14. The Labute approximate surface area is 150 Å². The molecule has 1 aromatic carbocycles. The van der Waals surface area contributed by atoms with Crippen molar-refractivity contribution in [1.82, 2.24) is 0 Å². The minimum Gasteiger partial charge on any atom is -1.00 e. The molecule has 0 aliphatic heterocycles. The molecular weight excluding hydrogens is 304 g/mol. The Hall–Kier alpha value is -0.530. The molecule has 134 valence electrons. The van der Waals surface area contributed by atoms with E-state index < -0.39 is 0 Å². The number of unbranched alkanes of at least 4 members (excludes halogenated alkanes) is 9. The van der Waals surface area contributed by atoms with Crippen molar-refractivity contribution < 1.29 is 16.8 Å². The molecule has 0 aliphatic carbocycles. The van der Waals surface area contributed by atoms with Crippen LogP contribution < -0.4 is 12.4 Å². The third-order valence-electron chi connectivity index (χ3n) is 4.41. The number of benzene rings is 1. The molecule has 23 heavy (non-hydrogen) atoms. The van der Waals surface area contributed by atoms with Crippen LogP contribution in [0.15, 0.2) is 30.3 Å². The van der Waals surface area contributed by atoms with Crippen LogP contribution in [0.4, 0.5) is 0 Å². The summed E-state index contributed by atoms with van der Waals surface area (Å²) in [4.78, 5) is 0. The standard InChI is InChI=1S/C21H37O.ClH/c1-3-5-6-7-8-9-10-11-12-16-19-22(4-2)20-21-17-14-13-15-18-21;/h13-15,17-18H,3-12,16,19-20H2,1-2H3;1H/q+1;/p-1. The SMILES string of the molecule is CCCCCCCCCCCC[O+](CC)Cc1ccccc1.[Cl-]. The summed E-state index contributed by atoms with van der Waals surface area (Å²) >= 11 is 0. The maximum absolute atomic E-state index is 3.41. The highest BCUT2D eigenvalue weighted by Gasteiger charge is 2.07. The minimum absolute atomic E-state index is 0. The molecule has 0 N–H and O–H groups in total. The topological polar surface area (TPSA) is 2.70 Å². The Bertz CT molecular complexity index is 339. The van der Waals surface area contributed by atoms with Gasteiger partial charge in [-0.2, -0.15) is 0 Å². The first-order valence-corrected chi connectivity index (χ1v) is 9.54. The summed E-state index contributed by atoms with van der Waals surface area (Å²) < 4.78 is 3.41. The second-order valence-corrected chi connectivity index (χ2v) is 6.42. The molecule has 1 aromatic rings. The third kappa shape index (κ3) is 12.5. The minimum atomic E-state index is 0. The third-order valence-corrected chi connectivity index (χ3v) is 4.41. The van der Waals surface area contributed by atoms with E-state index in [9.17, 15) is 0 Å². The highest BCUT2D eigenvalue weighted by molar-refractivity contribution is 5.13. The van der Waals surface area contributed by atoms with Crippen LogP contribution in [0.1, 0.15) is 83.6 Å². The van der Waals surface area contributed by atoms with E-state index >= 15 is 0 Å². The smallest absolute Gasteiger partial charge is 0.172 e. The molecular formula is C21H37ClO. The molecule has 0 spiro atoms. The summed E-state index contributed by atoms with van der Waals surface area (Å²) in [5, 5.41) is 0. The van der Waals surface area contributed by atoms with Crippen LogP contribution in [0.2, 0.25) is 0 Å². The van der Waals surface area contributed by atoms with Crippen molar-refractivity contribution in [2.24, 2.45) is 0 Å². The number of hydrogen-bond acceptors (Lipinski definition) is 0. The molecule has 2 heteroatoms. The Kier molecular flexibility index (Phi) is 16.0. The molecule has 0 atom stereocenters. The van der Waals surface area contributed by atoms with Crippen molar-refractivity contribution in [2.75, 3.05) is 13.2 Å². The predicted octanol–water partition coefficient (Wildman–Crippen LogP) is 3.68. The lowest BCUT2D eigenvalue weighted by molar-refractivity contribution is -0.148. The van der Waals surface area contributed by atoms with Crippen LogP contribution in [0, 0.1) is 0 Å². The van der Waals surface area contributed by atoms with E-state index in [1.54, 1.807) is 0 Å². The zero-order valence-electron chi connectivity index (χ0n) is 15.4. The maximum atomic E-state index is 3.41. The Morgan fingerprint density at radius 1 is 0.696 bits per heavy atom. The zero-order chi connectivity index (χ0) is 15.9. The molecule has 0 fully saturated rings. The number of hydrogen-bond donors (Lipinski definition) is 0. The van der Waals surface area contributed by atoms with Gasteiger partial charge in [0, 0.05) is 18.9 Å².